The van der Waals surface area contributed by atoms with Gasteiger partial charge in [-0.05, 0) is 24.3 Å². The van der Waals surface area contributed by atoms with E-state index in [1.165, 1.54) is 25.7 Å². The van der Waals surface area contributed by atoms with E-state index in [9.17, 15) is 4.79 Å². The molecule has 2 heteroatoms. The second kappa shape index (κ2) is 10.5. The van der Waals surface area contributed by atoms with Crippen molar-refractivity contribution in [2.45, 2.75) is 58.8 Å². The summed E-state index contributed by atoms with van der Waals surface area (Å²) in [7, 11) is 0. The fraction of sp³-hybridized carbons (Fsp3) is 0.611. The van der Waals surface area contributed by atoms with Crippen molar-refractivity contribution in [3.63, 3.8) is 0 Å². The van der Waals surface area contributed by atoms with Gasteiger partial charge in [0.2, 0.25) is 0 Å². The summed E-state index contributed by atoms with van der Waals surface area (Å²) < 4.78 is 5.45. The third-order valence-corrected chi connectivity index (χ3v) is 3.58. The van der Waals surface area contributed by atoms with Crippen LogP contribution in [0.3, 0.4) is 0 Å². The molecule has 0 aromatic heterocycles. The molecular weight excluding hydrogens is 248 g/mol. The first-order chi connectivity index (χ1) is 9.76. The zero-order valence-corrected chi connectivity index (χ0v) is 12.9. The number of esters is 1. The molecule has 0 aliphatic rings. The predicted octanol–water partition coefficient (Wildman–Crippen LogP) is 4.77. The summed E-state index contributed by atoms with van der Waals surface area (Å²) in [6, 6.07) is 9.79. The standard InChI is InChI=1S/C18H28O2/c1-3-5-7-13-17(10-4-2)15-20-18(19)14-16-11-8-6-9-12-16/h6,8-9,11-12,17H,3-5,7,10,13-15H2,1-2H3. The van der Waals surface area contributed by atoms with E-state index in [4.69, 9.17) is 4.74 Å². The van der Waals surface area contributed by atoms with Gasteiger partial charge in [0.1, 0.15) is 0 Å². The molecular formula is C18H28O2. The molecule has 112 valence electrons. The molecule has 1 atom stereocenters. The molecule has 0 radical (unpaired) electrons. The molecule has 0 fully saturated rings. The number of hydrogen-bond donors (Lipinski definition) is 0. The molecule has 1 aromatic carbocycles. The topological polar surface area (TPSA) is 26.3 Å². The van der Waals surface area contributed by atoms with Crippen LogP contribution >= 0.6 is 0 Å². The van der Waals surface area contributed by atoms with Crippen molar-refractivity contribution in [3.05, 3.63) is 35.9 Å². The summed E-state index contributed by atoms with van der Waals surface area (Å²) >= 11 is 0. The maximum Gasteiger partial charge on any atom is 0.310 e. The largest absolute Gasteiger partial charge is 0.465 e. The van der Waals surface area contributed by atoms with E-state index >= 15 is 0 Å². The lowest BCUT2D eigenvalue weighted by Crippen LogP contribution is -2.16. The zero-order valence-electron chi connectivity index (χ0n) is 12.9. The molecule has 0 aliphatic heterocycles. The van der Waals surface area contributed by atoms with E-state index in [0.717, 1.165) is 18.4 Å². The number of unbranched alkanes of at least 4 members (excludes halogenated alkanes) is 2. The molecule has 0 N–H and O–H groups in total. The van der Waals surface area contributed by atoms with Gasteiger partial charge in [-0.25, -0.2) is 0 Å². The predicted molar refractivity (Wildman–Crippen MR) is 83.6 cm³/mol. The summed E-state index contributed by atoms with van der Waals surface area (Å²) in [5, 5.41) is 0. The highest BCUT2D eigenvalue weighted by molar-refractivity contribution is 5.72. The minimum absolute atomic E-state index is 0.104. The molecule has 0 saturated carbocycles. The van der Waals surface area contributed by atoms with Gasteiger partial charge in [-0.3, -0.25) is 4.79 Å². The summed E-state index contributed by atoms with van der Waals surface area (Å²) in [5.41, 5.74) is 1.02. The zero-order chi connectivity index (χ0) is 14.6. The minimum atomic E-state index is -0.104. The van der Waals surface area contributed by atoms with E-state index in [2.05, 4.69) is 13.8 Å². The Balaban J connectivity index is 2.28. The molecule has 2 nitrogen and oxygen atoms in total. The molecule has 1 aromatic rings. The molecule has 0 heterocycles. The quantitative estimate of drug-likeness (QED) is 0.454. The van der Waals surface area contributed by atoms with E-state index in [0.29, 0.717) is 18.9 Å². The summed E-state index contributed by atoms with van der Waals surface area (Å²) in [4.78, 5) is 11.8. The van der Waals surface area contributed by atoms with Gasteiger partial charge < -0.3 is 4.74 Å². The van der Waals surface area contributed by atoms with Crippen LogP contribution < -0.4 is 0 Å². The van der Waals surface area contributed by atoms with Crippen molar-refractivity contribution in [1.82, 2.24) is 0 Å². The van der Waals surface area contributed by atoms with Gasteiger partial charge >= 0.3 is 5.97 Å². The molecule has 0 bridgehead atoms. The second-order valence-electron chi connectivity index (χ2n) is 5.50. The lowest BCUT2D eigenvalue weighted by Gasteiger charge is -2.16. The van der Waals surface area contributed by atoms with Crippen LogP contribution in [0, 0.1) is 5.92 Å². The number of hydrogen-bond acceptors (Lipinski definition) is 2. The fourth-order valence-corrected chi connectivity index (χ4v) is 2.43. The number of carbonyl (C=O) groups excluding carboxylic acids is 1. The van der Waals surface area contributed by atoms with Gasteiger partial charge in [0.15, 0.2) is 0 Å². The van der Waals surface area contributed by atoms with Crippen molar-refractivity contribution in [2.75, 3.05) is 6.61 Å². The van der Waals surface area contributed by atoms with Crippen molar-refractivity contribution in [1.29, 1.82) is 0 Å². The maximum absolute atomic E-state index is 11.8. The van der Waals surface area contributed by atoms with Crippen molar-refractivity contribution in [3.8, 4) is 0 Å². The molecule has 0 aliphatic carbocycles. The van der Waals surface area contributed by atoms with E-state index < -0.39 is 0 Å². The normalized spacial score (nSPS) is 12.1. The second-order valence-corrected chi connectivity index (χ2v) is 5.50. The first-order valence-electron chi connectivity index (χ1n) is 7.95. The van der Waals surface area contributed by atoms with Gasteiger partial charge in [-0.1, -0.05) is 69.9 Å². The van der Waals surface area contributed by atoms with Crippen LogP contribution in [0.25, 0.3) is 0 Å². The Bertz CT molecular complexity index is 359. The number of benzene rings is 1. The Morgan fingerprint density at radius 3 is 2.45 bits per heavy atom. The van der Waals surface area contributed by atoms with Crippen molar-refractivity contribution >= 4 is 5.97 Å². The van der Waals surface area contributed by atoms with Crippen LogP contribution in [0.4, 0.5) is 0 Å². The first kappa shape index (κ1) is 16.7. The van der Waals surface area contributed by atoms with Crippen LogP contribution in [-0.2, 0) is 16.0 Å². The first-order valence-corrected chi connectivity index (χ1v) is 7.95. The maximum atomic E-state index is 11.8. The highest BCUT2D eigenvalue weighted by Gasteiger charge is 2.11. The fourth-order valence-electron chi connectivity index (χ4n) is 2.43. The van der Waals surface area contributed by atoms with E-state index in [1.807, 2.05) is 30.3 Å². The highest BCUT2D eigenvalue weighted by atomic mass is 16.5. The van der Waals surface area contributed by atoms with Crippen molar-refractivity contribution < 1.29 is 9.53 Å². The summed E-state index contributed by atoms with van der Waals surface area (Å²) in [5.74, 6) is 0.430. The number of carbonyl (C=O) groups is 1. The summed E-state index contributed by atoms with van der Waals surface area (Å²) in [6.45, 7) is 5.00. The molecule has 1 rings (SSSR count). The van der Waals surface area contributed by atoms with Crippen LogP contribution in [0.2, 0.25) is 0 Å². The Kier molecular flexibility index (Phi) is 8.77. The molecule has 0 saturated heterocycles. The Hall–Kier alpha value is -1.31. The lowest BCUT2D eigenvalue weighted by atomic mass is 9.97. The van der Waals surface area contributed by atoms with Gasteiger partial charge in [-0.15, -0.1) is 0 Å². The van der Waals surface area contributed by atoms with Gasteiger partial charge in [0, 0.05) is 0 Å². The van der Waals surface area contributed by atoms with Crippen LogP contribution in [0.1, 0.15) is 57.9 Å². The molecule has 20 heavy (non-hydrogen) atoms. The van der Waals surface area contributed by atoms with Gasteiger partial charge in [0.05, 0.1) is 13.0 Å². The third kappa shape index (κ3) is 7.32. The van der Waals surface area contributed by atoms with E-state index in [1.54, 1.807) is 0 Å². The Morgan fingerprint density at radius 2 is 1.80 bits per heavy atom. The Labute approximate surface area is 123 Å². The average Bonchev–Trinajstić information content (AvgIpc) is 2.46. The summed E-state index contributed by atoms with van der Waals surface area (Å²) in [6.07, 6.45) is 7.65. The molecule has 0 spiro atoms. The van der Waals surface area contributed by atoms with Crippen LogP contribution in [-0.4, -0.2) is 12.6 Å². The Morgan fingerprint density at radius 1 is 1.05 bits per heavy atom. The number of rotatable bonds is 10. The van der Waals surface area contributed by atoms with Gasteiger partial charge in [0.25, 0.3) is 0 Å². The van der Waals surface area contributed by atoms with E-state index in [-0.39, 0.29) is 5.97 Å². The average molecular weight is 276 g/mol. The SMILES string of the molecule is CCCCCC(CCC)COC(=O)Cc1ccccc1. The number of ether oxygens (including phenoxy) is 1. The van der Waals surface area contributed by atoms with Gasteiger partial charge in [-0.2, -0.15) is 0 Å². The smallest absolute Gasteiger partial charge is 0.310 e. The van der Waals surface area contributed by atoms with Crippen LogP contribution in [0.5, 0.6) is 0 Å². The molecule has 0 amide bonds. The molecule has 1 unspecified atom stereocenters. The minimum Gasteiger partial charge on any atom is -0.465 e. The highest BCUT2D eigenvalue weighted by Crippen LogP contribution is 2.16. The third-order valence-electron chi connectivity index (χ3n) is 3.58. The van der Waals surface area contributed by atoms with Crippen LogP contribution in [0.15, 0.2) is 30.3 Å². The monoisotopic (exact) mass is 276 g/mol. The lowest BCUT2D eigenvalue weighted by molar-refractivity contribution is -0.144. The van der Waals surface area contributed by atoms with Crippen molar-refractivity contribution in [2.24, 2.45) is 5.92 Å².